The fourth-order valence-electron chi connectivity index (χ4n) is 0.850. The highest BCUT2D eigenvalue weighted by Crippen LogP contribution is 2.22. The molecule has 0 radical (unpaired) electrons. The topological polar surface area (TPSA) is 73.1 Å². The van der Waals surface area contributed by atoms with E-state index in [-0.39, 0.29) is 6.29 Å². The van der Waals surface area contributed by atoms with Gasteiger partial charge < -0.3 is 10.1 Å². The van der Waals surface area contributed by atoms with Crippen LogP contribution in [0.4, 0.5) is 14.6 Å². The molecule has 1 rings (SSSR count). The van der Waals surface area contributed by atoms with E-state index in [0.717, 1.165) is 6.07 Å². The smallest absolute Gasteiger partial charge is 0.358 e. The number of aldehydes is 1. The predicted octanol–water partition coefficient (Wildman–Crippen LogP) is 1.74. The number of aromatic nitrogens is 1. The summed E-state index contributed by atoms with van der Waals surface area (Å²) < 4.78 is 24.2. The van der Waals surface area contributed by atoms with Gasteiger partial charge in [-0.25, -0.2) is 8.78 Å². The van der Waals surface area contributed by atoms with Crippen LogP contribution >= 0.6 is 0 Å². The van der Waals surface area contributed by atoms with Gasteiger partial charge in [0, 0.05) is 0 Å². The molecule has 0 saturated carbocycles. The highest BCUT2D eigenvalue weighted by Gasteiger charge is 2.19. The van der Waals surface area contributed by atoms with Gasteiger partial charge in [0.15, 0.2) is 6.29 Å². The zero-order chi connectivity index (χ0) is 10.7. The second-order valence-electron chi connectivity index (χ2n) is 2.36. The first kappa shape index (κ1) is 10.2. The van der Waals surface area contributed by atoms with Gasteiger partial charge >= 0.3 is 5.82 Å². The molecule has 0 fully saturated rings. The maximum Gasteiger partial charge on any atom is 0.374 e. The minimum Gasteiger partial charge on any atom is -0.358 e. The standard InChI is InChI=1S/C7H4F2N2O3/c8-6(9)4-1-5(3-12)7(10-2-4)11(13)14/h1-3,6H. The van der Waals surface area contributed by atoms with Crippen molar-refractivity contribution < 1.29 is 18.5 Å². The lowest BCUT2D eigenvalue weighted by Crippen LogP contribution is -1.99. The summed E-state index contributed by atoms with van der Waals surface area (Å²) in [6.45, 7) is 0. The Labute approximate surface area is 76.5 Å². The van der Waals surface area contributed by atoms with Gasteiger partial charge in [-0.2, -0.15) is 0 Å². The summed E-state index contributed by atoms with van der Waals surface area (Å²) in [7, 11) is 0. The van der Waals surface area contributed by atoms with E-state index in [9.17, 15) is 23.7 Å². The lowest BCUT2D eigenvalue weighted by Gasteiger charge is -1.98. The van der Waals surface area contributed by atoms with E-state index >= 15 is 0 Å². The molecule has 0 unspecified atom stereocenters. The lowest BCUT2D eigenvalue weighted by molar-refractivity contribution is -0.389. The van der Waals surface area contributed by atoms with E-state index < -0.39 is 28.3 Å². The summed E-state index contributed by atoms with van der Waals surface area (Å²) in [4.78, 5) is 22.8. The molecule has 7 heteroatoms. The van der Waals surface area contributed by atoms with E-state index in [1.807, 2.05) is 0 Å². The Kier molecular flexibility index (Phi) is 2.80. The summed E-state index contributed by atoms with van der Waals surface area (Å²) in [5.41, 5.74) is -0.967. The van der Waals surface area contributed by atoms with E-state index in [4.69, 9.17) is 0 Å². The van der Waals surface area contributed by atoms with Crippen LogP contribution in [0, 0.1) is 10.1 Å². The molecule has 1 aromatic heterocycles. The molecule has 0 amide bonds. The minimum atomic E-state index is -2.80. The van der Waals surface area contributed by atoms with Gasteiger partial charge in [0.25, 0.3) is 6.43 Å². The van der Waals surface area contributed by atoms with Crippen LogP contribution in [-0.4, -0.2) is 16.2 Å². The molecule has 74 valence electrons. The number of nitro groups is 1. The molecule has 0 spiro atoms. The summed E-state index contributed by atoms with van der Waals surface area (Å²) in [6, 6.07) is 0.753. The normalized spacial score (nSPS) is 10.2. The van der Waals surface area contributed by atoms with Crippen molar-refractivity contribution in [1.82, 2.24) is 4.98 Å². The molecule has 1 heterocycles. The van der Waals surface area contributed by atoms with Gasteiger partial charge in [0.05, 0.1) is 5.56 Å². The molecule has 0 saturated heterocycles. The van der Waals surface area contributed by atoms with Gasteiger partial charge in [-0.3, -0.25) is 4.79 Å². The van der Waals surface area contributed by atoms with Crippen molar-refractivity contribution in [2.75, 3.05) is 0 Å². The summed E-state index contributed by atoms with van der Waals surface area (Å²) in [6.07, 6.45) is -2.01. The second kappa shape index (κ2) is 3.86. The van der Waals surface area contributed by atoms with Gasteiger partial charge in [0.2, 0.25) is 0 Å². The number of carbonyl (C=O) groups is 1. The molecule has 0 aliphatic heterocycles. The molecule has 0 aliphatic carbocycles. The molecule has 1 aromatic rings. The van der Waals surface area contributed by atoms with E-state index in [1.165, 1.54) is 0 Å². The van der Waals surface area contributed by atoms with Crippen LogP contribution in [0.25, 0.3) is 0 Å². The number of halogens is 2. The van der Waals surface area contributed by atoms with Crippen LogP contribution in [0.3, 0.4) is 0 Å². The van der Waals surface area contributed by atoms with Crippen molar-refractivity contribution in [3.05, 3.63) is 33.5 Å². The predicted molar refractivity (Wildman–Crippen MR) is 41.2 cm³/mol. The zero-order valence-corrected chi connectivity index (χ0v) is 6.68. The van der Waals surface area contributed by atoms with Gasteiger partial charge in [-0.15, -0.1) is 0 Å². The summed E-state index contributed by atoms with van der Waals surface area (Å²) in [5.74, 6) is -0.718. The third-order valence-electron chi connectivity index (χ3n) is 1.47. The van der Waals surface area contributed by atoms with Crippen LogP contribution in [-0.2, 0) is 0 Å². The lowest BCUT2D eigenvalue weighted by atomic mass is 10.2. The van der Waals surface area contributed by atoms with Crippen molar-refractivity contribution in [3.63, 3.8) is 0 Å². The summed E-state index contributed by atoms with van der Waals surface area (Å²) >= 11 is 0. The molecule has 5 nitrogen and oxygen atoms in total. The van der Waals surface area contributed by atoms with Gasteiger partial charge in [-0.1, -0.05) is 0 Å². The molecule has 0 aromatic carbocycles. The van der Waals surface area contributed by atoms with E-state index in [2.05, 4.69) is 4.98 Å². The SMILES string of the molecule is O=Cc1cc(C(F)F)cnc1[N+](=O)[O-]. The van der Waals surface area contributed by atoms with Crippen LogP contribution in [0.5, 0.6) is 0 Å². The number of alkyl halides is 2. The number of hydrogen-bond acceptors (Lipinski definition) is 4. The highest BCUT2D eigenvalue weighted by molar-refractivity contribution is 5.80. The zero-order valence-electron chi connectivity index (χ0n) is 6.68. The average molecular weight is 202 g/mol. The van der Waals surface area contributed by atoms with Crippen molar-refractivity contribution >= 4 is 12.1 Å². The Balaban J connectivity index is 3.25. The van der Waals surface area contributed by atoms with Crippen LogP contribution in [0.2, 0.25) is 0 Å². The Hall–Kier alpha value is -1.92. The Bertz CT molecular complexity index is 381. The van der Waals surface area contributed by atoms with Crippen LogP contribution < -0.4 is 0 Å². The third kappa shape index (κ3) is 1.87. The number of carbonyl (C=O) groups excluding carboxylic acids is 1. The quantitative estimate of drug-likeness (QED) is 0.425. The minimum absolute atomic E-state index is 0.122. The maximum atomic E-state index is 12.1. The Morgan fingerprint density at radius 1 is 1.57 bits per heavy atom. The number of hydrogen-bond donors (Lipinski definition) is 0. The number of rotatable bonds is 3. The molecule has 0 atom stereocenters. The van der Waals surface area contributed by atoms with Crippen molar-refractivity contribution in [3.8, 4) is 0 Å². The van der Waals surface area contributed by atoms with Crippen molar-refractivity contribution in [2.45, 2.75) is 6.43 Å². The first-order valence-electron chi connectivity index (χ1n) is 3.44. The number of nitrogens with zero attached hydrogens (tertiary/aromatic N) is 2. The van der Waals surface area contributed by atoms with E-state index in [0.29, 0.717) is 6.20 Å². The molecule has 14 heavy (non-hydrogen) atoms. The molecular weight excluding hydrogens is 198 g/mol. The second-order valence-corrected chi connectivity index (χ2v) is 2.36. The molecule has 0 bridgehead atoms. The molecular formula is C7H4F2N2O3. The van der Waals surface area contributed by atoms with Crippen molar-refractivity contribution in [2.24, 2.45) is 0 Å². The Morgan fingerprint density at radius 2 is 2.21 bits per heavy atom. The van der Waals surface area contributed by atoms with Gasteiger partial charge in [0.1, 0.15) is 11.8 Å². The molecule has 0 N–H and O–H groups in total. The highest BCUT2D eigenvalue weighted by atomic mass is 19.3. The number of pyridine rings is 1. The van der Waals surface area contributed by atoms with Crippen LogP contribution in [0.1, 0.15) is 22.3 Å². The summed E-state index contributed by atoms with van der Waals surface area (Å²) in [5, 5.41) is 10.3. The fourth-order valence-corrected chi connectivity index (χ4v) is 0.850. The van der Waals surface area contributed by atoms with Crippen molar-refractivity contribution in [1.29, 1.82) is 0 Å². The molecule has 0 aliphatic rings. The monoisotopic (exact) mass is 202 g/mol. The van der Waals surface area contributed by atoms with Crippen LogP contribution in [0.15, 0.2) is 12.3 Å². The van der Waals surface area contributed by atoms with E-state index in [1.54, 1.807) is 0 Å². The third-order valence-corrected chi connectivity index (χ3v) is 1.47. The Morgan fingerprint density at radius 3 is 2.64 bits per heavy atom. The van der Waals surface area contributed by atoms with Gasteiger partial charge in [-0.05, 0) is 16.0 Å². The average Bonchev–Trinajstić information content (AvgIpc) is 2.16. The first-order chi connectivity index (χ1) is 6.56. The first-order valence-corrected chi connectivity index (χ1v) is 3.44. The maximum absolute atomic E-state index is 12.1. The fraction of sp³-hybridized carbons (Fsp3) is 0.143. The largest absolute Gasteiger partial charge is 0.374 e.